The Bertz CT molecular complexity index is 615. The van der Waals surface area contributed by atoms with Crippen molar-refractivity contribution in [2.75, 3.05) is 19.6 Å². The van der Waals surface area contributed by atoms with Crippen LogP contribution in [0.4, 0.5) is 0 Å². The van der Waals surface area contributed by atoms with Gasteiger partial charge in [0.2, 0.25) is 0 Å². The first kappa shape index (κ1) is 19.5. The molecule has 1 aliphatic rings. The average molecular weight is 365 g/mol. The molecule has 4 heteroatoms. The Morgan fingerprint density at radius 3 is 2.29 bits per heavy atom. The van der Waals surface area contributed by atoms with Gasteiger partial charge in [0.25, 0.3) is 0 Å². The molecular formula is C20H28O2S2. The molecule has 0 amide bonds. The Morgan fingerprint density at radius 1 is 1.25 bits per heavy atom. The van der Waals surface area contributed by atoms with Gasteiger partial charge in [0.15, 0.2) is 0 Å². The van der Waals surface area contributed by atoms with Crippen LogP contribution >= 0.6 is 23.5 Å². The van der Waals surface area contributed by atoms with Crippen LogP contribution in [-0.2, 0) is 0 Å². The minimum atomic E-state index is -0.808. The first-order valence-electron chi connectivity index (χ1n) is 8.17. The third-order valence-corrected chi connectivity index (χ3v) is 7.20. The molecular weight excluding hydrogens is 336 g/mol. The van der Waals surface area contributed by atoms with Gasteiger partial charge in [-0.3, -0.25) is 0 Å². The zero-order valence-corrected chi connectivity index (χ0v) is 16.9. The number of rotatable bonds is 8. The van der Waals surface area contributed by atoms with Crippen LogP contribution < -0.4 is 4.74 Å². The summed E-state index contributed by atoms with van der Waals surface area (Å²) in [7, 11) is 1.68. The van der Waals surface area contributed by atoms with Gasteiger partial charge >= 0.3 is 0 Å². The van der Waals surface area contributed by atoms with Gasteiger partial charge in [0.1, 0.15) is 5.75 Å². The fourth-order valence-electron chi connectivity index (χ4n) is 3.51. The van der Waals surface area contributed by atoms with Gasteiger partial charge in [-0.05, 0) is 67.9 Å². The van der Waals surface area contributed by atoms with E-state index in [1.165, 1.54) is 9.80 Å². The Labute approximate surface area is 154 Å². The average Bonchev–Trinajstić information content (AvgIpc) is 3.36. The van der Waals surface area contributed by atoms with E-state index in [0.29, 0.717) is 12.3 Å². The minimum Gasteiger partial charge on any atom is -0.497 e. The number of hydrogen-bond acceptors (Lipinski definition) is 4. The summed E-state index contributed by atoms with van der Waals surface area (Å²) in [6, 6.07) is 8.24. The van der Waals surface area contributed by atoms with Crippen LogP contribution in [0, 0.1) is 5.92 Å². The van der Waals surface area contributed by atoms with E-state index in [1.807, 2.05) is 19.1 Å². The van der Waals surface area contributed by atoms with Crippen LogP contribution in [0.1, 0.15) is 38.2 Å². The highest BCUT2D eigenvalue weighted by Gasteiger charge is 2.53. The van der Waals surface area contributed by atoms with E-state index in [1.54, 1.807) is 30.6 Å². The molecule has 1 N–H and O–H groups in total. The Hall–Kier alpha value is -0.840. The SMILES string of the molecule is C=C(C)CC(O)(C(C)=C(SC)SC)C1CC1c1ccc(OC)cc1. The van der Waals surface area contributed by atoms with Crippen molar-refractivity contribution >= 4 is 23.5 Å². The van der Waals surface area contributed by atoms with E-state index in [2.05, 4.69) is 38.1 Å². The van der Waals surface area contributed by atoms with Crippen molar-refractivity contribution in [3.05, 3.63) is 51.8 Å². The maximum Gasteiger partial charge on any atom is 0.118 e. The fourth-order valence-corrected chi connectivity index (χ4v) is 5.14. The Kier molecular flexibility index (Phi) is 6.52. The second-order valence-electron chi connectivity index (χ2n) is 6.60. The number of methoxy groups -OCH3 is 1. The zero-order chi connectivity index (χ0) is 17.9. The summed E-state index contributed by atoms with van der Waals surface area (Å²) in [5.41, 5.74) is 2.59. The van der Waals surface area contributed by atoms with Gasteiger partial charge in [0.05, 0.1) is 12.7 Å². The lowest BCUT2D eigenvalue weighted by Crippen LogP contribution is -2.34. The van der Waals surface area contributed by atoms with E-state index >= 15 is 0 Å². The molecule has 2 rings (SSSR count). The van der Waals surface area contributed by atoms with Crippen LogP contribution in [0.15, 0.2) is 46.2 Å². The highest BCUT2D eigenvalue weighted by atomic mass is 32.2. The van der Waals surface area contributed by atoms with Crippen molar-refractivity contribution in [1.82, 2.24) is 0 Å². The number of aliphatic hydroxyl groups is 1. The van der Waals surface area contributed by atoms with Gasteiger partial charge in [-0.15, -0.1) is 30.1 Å². The van der Waals surface area contributed by atoms with Crippen LogP contribution in [0.25, 0.3) is 0 Å². The van der Waals surface area contributed by atoms with Crippen molar-refractivity contribution < 1.29 is 9.84 Å². The van der Waals surface area contributed by atoms with Crippen molar-refractivity contribution in [1.29, 1.82) is 0 Å². The van der Waals surface area contributed by atoms with E-state index in [-0.39, 0.29) is 5.92 Å². The Balaban J connectivity index is 2.29. The number of ether oxygens (including phenoxy) is 1. The summed E-state index contributed by atoms with van der Waals surface area (Å²) in [5, 5.41) is 11.6. The molecule has 2 nitrogen and oxygen atoms in total. The number of hydrogen-bond donors (Lipinski definition) is 1. The lowest BCUT2D eigenvalue weighted by molar-refractivity contribution is 0.0533. The molecule has 24 heavy (non-hydrogen) atoms. The molecule has 1 aromatic carbocycles. The smallest absolute Gasteiger partial charge is 0.118 e. The van der Waals surface area contributed by atoms with Crippen LogP contribution in [0.5, 0.6) is 5.75 Å². The zero-order valence-electron chi connectivity index (χ0n) is 15.3. The van der Waals surface area contributed by atoms with Gasteiger partial charge < -0.3 is 9.84 Å². The third kappa shape index (κ3) is 4.04. The van der Waals surface area contributed by atoms with Crippen molar-refractivity contribution in [2.24, 2.45) is 5.92 Å². The summed E-state index contributed by atoms with van der Waals surface area (Å²) >= 11 is 3.43. The molecule has 1 aromatic rings. The lowest BCUT2D eigenvalue weighted by Gasteiger charge is -2.32. The summed E-state index contributed by atoms with van der Waals surface area (Å²) in [6.45, 7) is 8.13. The molecule has 0 saturated heterocycles. The molecule has 132 valence electrons. The standard InChI is InChI=1S/C20H28O2S2/c1-13(2)12-20(21,14(3)19(23-5)24-6)18-11-17(18)15-7-9-16(22-4)10-8-15/h7-10,17-18,21H,1,11-12H2,2-6H3. The third-order valence-electron chi connectivity index (χ3n) is 4.85. The fraction of sp³-hybridized carbons (Fsp3) is 0.500. The molecule has 0 aliphatic heterocycles. The molecule has 1 fully saturated rings. The van der Waals surface area contributed by atoms with E-state index < -0.39 is 5.60 Å². The van der Waals surface area contributed by atoms with Crippen molar-refractivity contribution in [2.45, 2.75) is 38.2 Å². The second kappa shape index (κ2) is 8.03. The predicted octanol–water partition coefficient (Wildman–Crippen LogP) is 5.45. The summed E-state index contributed by atoms with van der Waals surface area (Å²) in [4.78, 5) is 0. The minimum absolute atomic E-state index is 0.247. The van der Waals surface area contributed by atoms with Gasteiger partial charge in [-0.2, -0.15) is 0 Å². The van der Waals surface area contributed by atoms with Crippen LogP contribution in [-0.4, -0.2) is 30.3 Å². The van der Waals surface area contributed by atoms with E-state index in [0.717, 1.165) is 23.3 Å². The summed E-state index contributed by atoms with van der Waals surface area (Å²) in [6.07, 6.45) is 5.79. The quantitative estimate of drug-likeness (QED) is 0.621. The van der Waals surface area contributed by atoms with E-state index in [9.17, 15) is 5.11 Å². The van der Waals surface area contributed by atoms with Crippen molar-refractivity contribution in [3.63, 3.8) is 0 Å². The van der Waals surface area contributed by atoms with E-state index in [4.69, 9.17) is 4.74 Å². The lowest BCUT2D eigenvalue weighted by atomic mass is 9.83. The molecule has 1 saturated carbocycles. The highest BCUT2D eigenvalue weighted by molar-refractivity contribution is 8.21. The molecule has 0 spiro atoms. The van der Waals surface area contributed by atoms with Crippen LogP contribution in [0.3, 0.4) is 0 Å². The molecule has 3 atom stereocenters. The van der Waals surface area contributed by atoms with Gasteiger partial charge in [-0.1, -0.05) is 17.7 Å². The normalized spacial score (nSPS) is 21.8. The summed E-state index contributed by atoms with van der Waals surface area (Å²) in [5.74, 6) is 1.52. The molecule has 0 radical (unpaired) electrons. The molecule has 1 aliphatic carbocycles. The maximum atomic E-state index is 11.6. The summed E-state index contributed by atoms with van der Waals surface area (Å²) < 4.78 is 6.45. The molecule has 0 aromatic heterocycles. The molecule has 0 heterocycles. The molecule has 0 bridgehead atoms. The predicted molar refractivity (Wildman–Crippen MR) is 108 cm³/mol. The maximum absolute atomic E-state index is 11.6. The van der Waals surface area contributed by atoms with Gasteiger partial charge in [-0.25, -0.2) is 0 Å². The Morgan fingerprint density at radius 2 is 1.83 bits per heavy atom. The number of benzene rings is 1. The second-order valence-corrected chi connectivity index (χ2v) is 8.49. The topological polar surface area (TPSA) is 29.5 Å². The van der Waals surface area contributed by atoms with Crippen LogP contribution in [0.2, 0.25) is 0 Å². The number of thioether (sulfide) groups is 2. The van der Waals surface area contributed by atoms with Gasteiger partial charge in [0, 0.05) is 10.7 Å². The highest BCUT2D eigenvalue weighted by Crippen LogP contribution is 2.58. The first-order valence-corrected chi connectivity index (χ1v) is 10.6. The molecule has 3 unspecified atom stereocenters. The van der Waals surface area contributed by atoms with Crippen molar-refractivity contribution in [3.8, 4) is 5.75 Å². The first-order chi connectivity index (χ1) is 11.4. The largest absolute Gasteiger partial charge is 0.497 e. The monoisotopic (exact) mass is 364 g/mol.